The lowest BCUT2D eigenvalue weighted by atomic mass is 10.2. The van der Waals surface area contributed by atoms with E-state index in [1.54, 1.807) is 62.8 Å². The van der Waals surface area contributed by atoms with Crippen LogP contribution >= 0.6 is 58.2 Å². The highest BCUT2D eigenvalue weighted by Crippen LogP contribution is 2.58. The second-order valence-electron chi connectivity index (χ2n) is 4.59. The Kier molecular flexibility index (Phi) is 6.26. The number of rotatable bonds is 6. The fourth-order valence-electron chi connectivity index (χ4n) is 1.85. The second-order valence-corrected chi connectivity index (χ2v) is 9.57. The molecule has 0 atom stereocenters. The molecular weight excluding hydrogens is 398 g/mol. The zero-order valence-corrected chi connectivity index (χ0v) is 16.2. The molecule has 0 saturated carbocycles. The molecule has 0 unspecified atom stereocenters. The van der Waals surface area contributed by atoms with Crippen LogP contribution in [0.25, 0.3) is 0 Å². The van der Waals surface area contributed by atoms with Gasteiger partial charge in [0.25, 0.3) is 0 Å². The fraction of sp³-hybridized carbons (Fsp3) is 0.250. The molecule has 0 aliphatic heterocycles. The van der Waals surface area contributed by atoms with Gasteiger partial charge in [0.05, 0.1) is 14.2 Å². The first kappa shape index (κ1) is 18.9. The number of thioether (sulfide) groups is 1. The molecule has 0 saturated heterocycles. The lowest BCUT2D eigenvalue weighted by Crippen LogP contribution is -2.15. The molecule has 0 spiro atoms. The summed E-state index contributed by atoms with van der Waals surface area (Å²) < 4.78 is 7.59. The summed E-state index contributed by atoms with van der Waals surface area (Å²) in [6, 6.07) is 14.2. The molecule has 2 nitrogen and oxygen atoms in total. The van der Waals surface area contributed by atoms with Crippen LogP contribution in [0.15, 0.2) is 48.5 Å². The molecule has 0 N–H and O–H groups in total. The van der Waals surface area contributed by atoms with Crippen LogP contribution in [-0.2, 0) is 7.33 Å². The highest BCUT2D eigenvalue weighted by Gasteiger charge is 2.40. The number of alkyl halides is 4. The number of halogens is 4. The minimum atomic E-state index is -1.32. The van der Waals surface area contributed by atoms with Gasteiger partial charge in [-0.25, -0.2) is 0 Å². The number of ether oxygens (including phenoxy) is 2. The van der Waals surface area contributed by atoms with Gasteiger partial charge in [-0.05, 0) is 35.4 Å². The quantitative estimate of drug-likeness (QED) is 0.518. The van der Waals surface area contributed by atoms with E-state index in [-0.39, 0.29) is 0 Å². The van der Waals surface area contributed by atoms with E-state index in [0.717, 1.165) is 11.8 Å². The standard InChI is InChI=1S/C16H14Cl4O2S/c1-21-13-7-3-11(4-8-13)15(17,18)23-16(19,20)12-5-9-14(22-2)10-6-12/h3-10H,1-2H3. The highest BCUT2D eigenvalue weighted by atomic mass is 35.5. The van der Waals surface area contributed by atoms with Gasteiger partial charge in [0, 0.05) is 0 Å². The predicted molar refractivity (Wildman–Crippen MR) is 100 cm³/mol. The smallest absolute Gasteiger partial charge is 0.191 e. The summed E-state index contributed by atoms with van der Waals surface area (Å²) in [6.45, 7) is 0. The van der Waals surface area contributed by atoms with Gasteiger partial charge < -0.3 is 9.47 Å². The number of hydrogen-bond donors (Lipinski definition) is 0. The van der Waals surface area contributed by atoms with Crippen molar-refractivity contribution in [1.82, 2.24) is 0 Å². The van der Waals surface area contributed by atoms with Crippen molar-refractivity contribution >= 4 is 58.2 Å². The molecule has 0 radical (unpaired) electrons. The van der Waals surface area contributed by atoms with Crippen molar-refractivity contribution in [2.75, 3.05) is 14.2 Å². The molecule has 0 aliphatic rings. The van der Waals surface area contributed by atoms with Crippen molar-refractivity contribution in [3.8, 4) is 11.5 Å². The van der Waals surface area contributed by atoms with Gasteiger partial charge >= 0.3 is 0 Å². The third-order valence-corrected chi connectivity index (χ3v) is 5.89. The molecule has 0 fully saturated rings. The predicted octanol–water partition coefficient (Wildman–Crippen LogP) is 6.31. The number of hydrogen-bond acceptors (Lipinski definition) is 3. The third kappa shape index (κ3) is 4.77. The molecule has 2 aromatic rings. The van der Waals surface area contributed by atoms with Gasteiger partial charge in [0.2, 0.25) is 0 Å². The first-order valence-corrected chi connectivity index (χ1v) is 8.86. The maximum absolute atomic E-state index is 6.44. The summed E-state index contributed by atoms with van der Waals surface area (Å²) in [5.41, 5.74) is 1.32. The molecule has 0 heterocycles. The molecule has 2 rings (SSSR count). The third-order valence-electron chi connectivity index (χ3n) is 3.11. The van der Waals surface area contributed by atoms with Crippen LogP contribution in [0.2, 0.25) is 0 Å². The van der Waals surface area contributed by atoms with E-state index in [2.05, 4.69) is 0 Å². The second kappa shape index (κ2) is 7.62. The van der Waals surface area contributed by atoms with Crippen LogP contribution in [0.3, 0.4) is 0 Å². The Balaban J connectivity index is 2.21. The zero-order chi connectivity index (χ0) is 17.1. The molecule has 0 aliphatic carbocycles. The monoisotopic (exact) mass is 410 g/mol. The molecule has 23 heavy (non-hydrogen) atoms. The van der Waals surface area contributed by atoms with Crippen molar-refractivity contribution in [1.29, 1.82) is 0 Å². The van der Waals surface area contributed by atoms with E-state index < -0.39 is 7.33 Å². The van der Waals surface area contributed by atoms with Gasteiger partial charge in [-0.1, -0.05) is 82.4 Å². The summed E-state index contributed by atoms with van der Waals surface area (Å²) >= 11 is 26.8. The molecule has 2 aromatic carbocycles. The lowest BCUT2D eigenvalue weighted by Gasteiger charge is -2.28. The van der Waals surface area contributed by atoms with Crippen molar-refractivity contribution in [2.24, 2.45) is 0 Å². The largest absolute Gasteiger partial charge is 0.497 e. The van der Waals surface area contributed by atoms with Crippen molar-refractivity contribution in [2.45, 2.75) is 7.33 Å². The average Bonchev–Trinajstić information content (AvgIpc) is 2.54. The topological polar surface area (TPSA) is 18.5 Å². The fourth-order valence-corrected chi connectivity index (χ4v) is 5.05. The Morgan fingerprint density at radius 1 is 0.652 bits per heavy atom. The molecule has 7 heteroatoms. The molecule has 0 amide bonds. The summed E-state index contributed by atoms with van der Waals surface area (Å²) in [4.78, 5) is 0. The Labute approximate surface area is 160 Å². The van der Waals surface area contributed by atoms with Crippen LogP contribution in [0, 0.1) is 0 Å². The highest BCUT2D eigenvalue weighted by molar-refractivity contribution is 8.05. The van der Waals surface area contributed by atoms with Gasteiger partial charge in [-0.2, -0.15) is 0 Å². The Hall–Kier alpha value is -0.450. The molecule has 124 valence electrons. The summed E-state index contributed by atoms with van der Waals surface area (Å²) in [5, 5.41) is 0. The Morgan fingerprint density at radius 3 is 1.22 bits per heavy atom. The maximum atomic E-state index is 6.44. The summed E-state index contributed by atoms with van der Waals surface area (Å²) in [5.74, 6) is 1.42. The minimum Gasteiger partial charge on any atom is -0.497 e. The van der Waals surface area contributed by atoms with Gasteiger partial charge in [0.1, 0.15) is 11.5 Å². The van der Waals surface area contributed by atoms with E-state index in [4.69, 9.17) is 55.9 Å². The zero-order valence-electron chi connectivity index (χ0n) is 12.4. The Morgan fingerprint density at radius 2 is 0.957 bits per heavy atom. The number of benzene rings is 2. The number of methoxy groups -OCH3 is 2. The normalized spacial score (nSPS) is 12.1. The first-order chi connectivity index (χ1) is 10.8. The van der Waals surface area contributed by atoms with Crippen LogP contribution in [0.5, 0.6) is 11.5 Å². The van der Waals surface area contributed by atoms with Crippen molar-refractivity contribution in [3.05, 3.63) is 59.7 Å². The Bertz CT molecular complexity index is 585. The van der Waals surface area contributed by atoms with Crippen molar-refractivity contribution in [3.63, 3.8) is 0 Å². The summed E-state index contributed by atoms with van der Waals surface area (Å²) in [7, 11) is 3.18. The van der Waals surface area contributed by atoms with Crippen LogP contribution < -0.4 is 9.47 Å². The van der Waals surface area contributed by atoms with E-state index in [1.807, 2.05) is 0 Å². The van der Waals surface area contributed by atoms with Gasteiger partial charge in [0.15, 0.2) is 7.33 Å². The van der Waals surface area contributed by atoms with E-state index in [9.17, 15) is 0 Å². The molecule has 0 bridgehead atoms. The maximum Gasteiger partial charge on any atom is 0.191 e. The molecule has 0 aromatic heterocycles. The van der Waals surface area contributed by atoms with Gasteiger partial charge in [-0.15, -0.1) is 0 Å². The van der Waals surface area contributed by atoms with Gasteiger partial charge in [-0.3, -0.25) is 0 Å². The SMILES string of the molecule is COc1ccc(C(Cl)(Cl)SC(Cl)(Cl)c2ccc(OC)cc2)cc1. The van der Waals surface area contributed by atoms with E-state index in [0.29, 0.717) is 22.6 Å². The average molecular weight is 412 g/mol. The van der Waals surface area contributed by atoms with Crippen LogP contribution in [0.4, 0.5) is 0 Å². The lowest BCUT2D eigenvalue weighted by molar-refractivity contribution is 0.414. The van der Waals surface area contributed by atoms with Crippen LogP contribution in [-0.4, -0.2) is 14.2 Å². The van der Waals surface area contributed by atoms with E-state index >= 15 is 0 Å². The first-order valence-electron chi connectivity index (χ1n) is 6.53. The van der Waals surface area contributed by atoms with Crippen LogP contribution in [0.1, 0.15) is 11.1 Å². The summed E-state index contributed by atoms with van der Waals surface area (Å²) in [6.07, 6.45) is 0. The minimum absolute atomic E-state index is 0.658. The molecular formula is C16H14Cl4O2S. The van der Waals surface area contributed by atoms with E-state index in [1.165, 1.54) is 0 Å². The van der Waals surface area contributed by atoms with Crippen molar-refractivity contribution < 1.29 is 9.47 Å².